The first-order valence-corrected chi connectivity index (χ1v) is 5.42. The van der Waals surface area contributed by atoms with Crippen LogP contribution in [-0.2, 0) is 4.79 Å². The van der Waals surface area contributed by atoms with Gasteiger partial charge >= 0.3 is 0 Å². The molecule has 0 aliphatic rings. The van der Waals surface area contributed by atoms with Gasteiger partial charge in [-0.3, -0.25) is 9.59 Å². The maximum absolute atomic E-state index is 11.3. The lowest BCUT2D eigenvalue weighted by Gasteiger charge is -2.06. The van der Waals surface area contributed by atoms with Crippen molar-refractivity contribution in [2.75, 3.05) is 11.9 Å². The molecule has 0 atom stereocenters. The molecule has 0 saturated heterocycles. The van der Waals surface area contributed by atoms with Crippen molar-refractivity contribution in [2.45, 2.75) is 12.8 Å². The minimum Gasteiger partial charge on any atom is -0.396 e. The minimum absolute atomic E-state index is 0.0329. The van der Waals surface area contributed by atoms with Crippen molar-refractivity contribution in [2.24, 2.45) is 5.73 Å². The number of primary amides is 1. The van der Waals surface area contributed by atoms with Crippen LogP contribution in [0.5, 0.6) is 0 Å². The van der Waals surface area contributed by atoms with Crippen molar-refractivity contribution >= 4 is 29.1 Å². The summed E-state index contributed by atoms with van der Waals surface area (Å²) in [6, 6.07) is 4.45. The van der Waals surface area contributed by atoms with Crippen LogP contribution in [0.4, 0.5) is 5.69 Å². The molecule has 1 rings (SSSR count). The smallest absolute Gasteiger partial charge is 0.250 e. The highest BCUT2D eigenvalue weighted by molar-refractivity contribution is 6.34. The van der Waals surface area contributed by atoms with E-state index in [0.717, 1.165) is 0 Å². The summed E-state index contributed by atoms with van der Waals surface area (Å²) in [5.74, 6) is -0.838. The quantitative estimate of drug-likeness (QED) is 0.738. The van der Waals surface area contributed by atoms with E-state index in [1.165, 1.54) is 12.1 Å². The number of rotatable bonds is 5. The topological polar surface area (TPSA) is 92.4 Å². The molecule has 0 fully saturated rings. The number of amides is 2. The first-order valence-electron chi connectivity index (χ1n) is 5.04. The van der Waals surface area contributed by atoms with Crippen molar-refractivity contribution < 1.29 is 14.7 Å². The lowest BCUT2D eigenvalue weighted by atomic mass is 10.2. The van der Waals surface area contributed by atoms with Crippen molar-refractivity contribution in [3.05, 3.63) is 28.8 Å². The number of aliphatic hydroxyl groups is 1. The molecule has 4 N–H and O–H groups in total. The number of carbonyl (C=O) groups excluding carboxylic acids is 2. The third-order valence-corrected chi connectivity index (χ3v) is 2.39. The largest absolute Gasteiger partial charge is 0.396 e. The average molecular weight is 257 g/mol. The second-order valence-electron chi connectivity index (χ2n) is 3.43. The third kappa shape index (κ3) is 4.05. The van der Waals surface area contributed by atoms with E-state index in [4.69, 9.17) is 22.4 Å². The van der Waals surface area contributed by atoms with Gasteiger partial charge in [0.1, 0.15) is 0 Å². The number of carbonyl (C=O) groups is 2. The van der Waals surface area contributed by atoms with Gasteiger partial charge < -0.3 is 16.2 Å². The van der Waals surface area contributed by atoms with Crippen LogP contribution < -0.4 is 11.1 Å². The van der Waals surface area contributed by atoms with Crippen LogP contribution in [0.1, 0.15) is 23.2 Å². The zero-order valence-electron chi connectivity index (χ0n) is 9.07. The first kappa shape index (κ1) is 13.5. The van der Waals surface area contributed by atoms with Crippen LogP contribution >= 0.6 is 11.6 Å². The van der Waals surface area contributed by atoms with Gasteiger partial charge in [0.05, 0.1) is 10.6 Å². The fraction of sp³-hybridized carbons (Fsp3) is 0.273. The second-order valence-corrected chi connectivity index (χ2v) is 3.84. The number of aliphatic hydroxyl groups excluding tert-OH is 1. The Kier molecular flexibility index (Phi) is 4.93. The molecule has 0 aliphatic carbocycles. The maximum atomic E-state index is 11.3. The van der Waals surface area contributed by atoms with E-state index >= 15 is 0 Å². The van der Waals surface area contributed by atoms with Gasteiger partial charge in [0, 0.05) is 18.7 Å². The fourth-order valence-corrected chi connectivity index (χ4v) is 1.53. The van der Waals surface area contributed by atoms with Gasteiger partial charge in [-0.15, -0.1) is 0 Å². The van der Waals surface area contributed by atoms with E-state index in [9.17, 15) is 9.59 Å². The number of benzene rings is 1. The fourth-order valence-electron chi connectivity index (χ4n) is 1.26. The lowest BCUT2D eigenvalue weighted by molar-refractivity contribution is -0.116. The summed E-state index contributed by atoms with van der Waals surface area (Å²) in [6.07, 6.45) is 0.630. The monoisotopic (exact) mass is 256 g/mol. The van der Waals surface area contributed by atoms with Crippen molar-refractivity contribution in [3.63, 3.8) is 0 Å². The predicted octanol–water partition coefficient (Wildman–Crippen LogP) is 1.15. The Morgan fingerprint density at radius 1 is 1.41 bits per heavy atom. The number of nitrogens with two attached hydrogens (primary N) is 1. The summed E-state index contributed by atoms with van der Waals surface area (Å²) >= 11 is 5.82. The van der Waals surface area contributed by atoms with Gasteiger partial charge in [-0.05, 0) is 24.6 Å². The Morgan fingerprint density at radius 2 is 2.12 bits per heavy atom. The molecule has 1 aromatic carbocycles. The number of anilines is 1. The molecule has 0 bridgehead atoms. The van der Waals surface area contributed by atoms with Crippen molar-refractivity contribution in [1.82, 2.24) is 0 Å². The van der Waals surface area contributed by atoms with Gasteiger partial charge in [-0.2, -0.15) is 0 Å². The third-order valence-electron chi connectivity index (χ3n) is 2.08. The van der Waals surface area contributed by atoms with Gasteiger partial charge in [0.25, 0.3) is 0 Å². The van der Waals surface area contributed by atoms with Crippen LogP contribution in [0.15, 0.2) is 18.2 Å². The number of nitrogens with one attached hydrogen (secondary N) is 1. The predicted molar refractivity (Wildman–Crippen MR) is 64.9 cm³/mol. The molecular formula is C11H13ClN2O3. The van der Waals surface area contributed by atoms with Crippen LogP contribution in [0.3, 0.4) is 0 Å². The molecule has 0 aliphatic heterocycles. The highest BCUT2D eigenvalue weighted by atomic mass is 35.5. The molecule has 0 saturated carbocycles. The van der Waals surface area contributed by atoms with E-state index in [1.54, 1.807) is 6.07 Å². The van der Waals surface area contributed by atoms with E-state index in [0.29, 0.717) is 12.1 Å². The average Bonchev–Trinajstić information content (AvgIpc) is 2.26. The molecule has 5 nitrogen and oxygen atoms in total. The number of hydrogen-bond acceptors (Lipinski definition) is 3. The molecule has 0 aromatic heterocycles. The van der Waals surface area contributed by atoms with E-state index < -0.39 is 5.91 Å². The normalized spacial score (nSPS) is 10.0. The minimum atomic E-state index is -0.617. The maximum Gasteiger partial charge on any atom is 0.250 e. The van der Waals surface area contributed by atoms with Crippen LogP contribution in [-0.4, -0.2) is 23.5 Å². The summed E-state index contributed by atoms with van der Waals surface area (Å²) in [7, 11) is 0. The van der Waals surface area contributed by atoms with Gasteiger partial charge in [0.2, 0.25) is 11.8 Å². The zero-order chi connectivity index (χ0) is 12.8. The molecule has 0 unspecified atom stereocenters. The van der Waals surface area contributed by atoms with Crippen molar-refractivity contribution in [3.8, 4) is 0 Å². The second kappa shape index (κ2) is 6.22. The zero-order valence-corrected chi connectivity index (χ0v) is 9.83. The molecule has 2 amide bonds. The van der Waals surface area contributed by atoms with E-state index in [2.05, 4.69) is 5.32 Å². The summed E-state index contributed by atoms with van der Waals surface area (Å²) in [6.45, 7) is -0.0329. The lowest BCUT2D eigenvalue weighted by Crippen LogP contribution is -2.14. The van der Waals surface area contributed by atoms with Gasteiger partial charge in [-0.1, -0.05) is 11.6 Å². The van der Waals surface area contributed by atoms with E-state index in [-0.39, 0.29) is 29.5 Å². The highest BCUT2D eigenvalue weighted by Crippen LogP contribution is 2.20. The summed E-state index contributed by atoms with van der Waals surface area (Å²) < 4.78 is 0. The number of halogens is 1. The summed E-state index contributed by atoms with van der Waals surface area (Å²) in [5.41, 5.74) is 5.79. The number of hydrogen-bond donors (Lipinski definition) is 3. The van der Waals surface area contributed by atoms with Crippen LogP contribution in [0.25, 0.3) is 0 Å². The standard InChI is InChI=1S/C11H13ClN2O3/c12-9-6-7(3-4-8(9)11(13)17)14-10(16)2-1-5-15/h3-4,6,15H,1-2,5H2,(H2,13,17)(H,14,16). The molecule has 0 spiro atoms. The molecule has 0 radical (unpaired) electrons. The SMILES string of the molecule is NC(=O)c1ccc(NC(=O)CCCO)cc1Cl. The Labute approximate surface area is 104 Å². The Bertz CT molecular complexity index is 435. The van der Waals surface area contributed by atoms with Crippen LogP contribution in [0.2, 0.25) is 5.02 Å². The molecule has 0 heterocycles. The molecular weight excluding hydrogens is 244 g/mol. The Balaban J connectivity index is 2.70. The van der Waals surface area contributed by atoms with Crippen LogP contribution in [0, 0.1) is 0 Å². The Morgan fingerprint density at radius 3 is 2.65 bits per heavy atom. The Hall–Kier alpha value is -1.59. The first-order chi connectivity index (χ1) is 8.04. The van der Waals surface area contributed by atoms with Gasteiger partial charge in [-0.25, -0.2) is 0 Å². The van der Waals surface area contributed by atoms with Crippen molar-refractivity contribution in [1.29, 1.82) is 0 Å². The molecule has 1 aromatic rings. The summed E-state index contributed by atoms with van der Waals surface area (Å²) in [5, 5.41) is 11.4. The molecule has 92 valence electrons. The summed E-state index contributed by atoms with van der Waals surface area (Å²) in [4.78, 5) is 22.3. The van der Waals surface area contributed by atoms with Gasteiger partial charge in [0.15, 0.2) is 0 Å². The molecule has 6 heteroatoms. The van der Waals surface area contributed by atoms with E-state index in [1.807, 2.05) is 0 Å². The molecule has 17 heavy (non-hydrogen) atoms. The highest BCUT2D eigenvalue weighted by Gasteiger charge is 2.08.